The number of ether oxygens (including phenoxy) is 4. The summed E-state index contributed by atoms with van der Waals surface area (Å²) in [6, 6.07) is 2.27. The van der Waals surface area contributed by atoms with Crippen LogP contribution in [0.5, 0.6) is 11.5 Å². The Hall–Kier alpha value is -2.43. The summed E-state index contributed by atoms with van der Waals surface area (Å²) in [5, 5.41) is 15.0. The number of nitro benzene ring substituents is 1. The third-order valence-electron chi connectivity index (χ3n) is 6.70. The topological polar surface area (TPSA) is 112 Å². The minimum Gasteiger partial charge on any atom is -0.454 e. The fraction of sp³-hybridized carbons (Fsp3) is 0.667. The molecule has 3 heterocycles. The van der Waals surface area contributed by atoms with Gasteiger partial charge in [-0.2, -0.15) is 0 Å². The van der Waals surface area contributed by atoms with Crippen molar-refractivity contribution in [3.8, 4) is 11.5 Å². The SMILES string of the molecule is O=C(NC1CCCC1)[C@@H](c1cc2c(cc1[N+](=O)[O-])OCO2)N1CCC2(CC1)OCCO2. The molecule has 0 bridgehead atoms. The lowest BCUT2D eigenvalue weighted by molar-refractivity contribution is -0.386. The number of carbonyl (C=O) groups is 1. The highest BCUT2D eigenvalue weighted by atomic mass is 16.7. The van der Waals surface area contributed by atoms with Crippen LogP contribution in [0, 0.1) is 10.1 Å². The summed E-state index contributed by atoms with van der Waals surface area (Å²) in [7, 11) is 0. The van der Waals surface area contributed by atoms with E-state index in [1.165, 1.54) is 6.07 Å². The molecule has 0 aromatic heterocycles. The molecular formula is C21H27N3O7. The second kappa shape index (κ2) is 8.25. The number of carbonyl (C=O) groups excluding carboxylic acids is 1. The van der Waals surface area contributed by atoms with Crippen molar-refractivity contribution < 1.29 is 28.7 Å². The molecule has 1 aliphatic carbocycles. The van der Waals surface area contributed by atoms with Gasteiger partial charge < -0.3 is 24.3 Å². The minimum absolute atomic E-state index is 0.00971. The normalized spacial score (nSPS) is 23.9. The smallest absolute Gasteiger partial charge is 0.278 e. The first-order valence-corrected chi connectivity index (χ1v) is 10.9. The monoisotopic (exact) mass is 433 g/mol. The van der Waals surface area contributed by atoms with Gasteiger partial charge in [0.05, 0.1) is 29.8 Å². The molecule has 1 N–H and O–H groups in total. The first kappa shape index (κ1) is 20.5. The lowest BCUT2D eigenvalue weighted by atomic mass is 9.96. The largest absolute Gasteiger partial charge is 0.454 e. The van der Waals surface area contributed by atoms with E-state index < -0.39 is 16.8 Å². The number of piperidine rings is 1. The van der Waals surface area contributed by atoms with E-state index in [0.29, 0.717) is 56.2 Å². The summed E-state index contributed by atoms with van der Waals surface area (Å²) in [4.78, 5) is 26.9. The third-order valence-corrected chi connectivity index (χ3v) is 6.70. The predicted molar refractivity (Wildman–Crippen MR) is 108 cm³/mol. The number of rotatable bonds is 5. The van der Waals surface area contributed by atoms with Gasteiger partial charge in [0.1, 0.15) is 6.04 Å². The molecule has 0 unspecified atom stereocenters. The van der Waals surface area contributed by atoms with Gasteiger partial charge >= 0.3 is 0 Å². The van der Waals surface area contributed by atoms with Crippen molar-refractivity contribution in [3.05, 3.63) is 27.8 Å². The van der Waals surface area contributed by atoms with Gasteiger partial charge in [0.2, 0.25) is 12.7 Å². The molecule has 31 heavy (non-hydrogen) atoms. The van der Waals surface area contributed by atoms with Crippen molar-refractivity contribution in [2.75, 3.05) is 33.1 Å². The average molecular weight is 433 g/mol. The molecule has 3 fully saturated rings. The zero-order chi connectivity index (χ0) is 21.4. The van der Waals surface area contributed by atoms with Crippen LogP contribution in [0.4, 0.5) is 5.69 Å². The lowest BCUT2D eigenvalue weighted by Crippen LogP contribution is -2.50. The van der Waals surface area contributed by atoms with Crippen LogP contribution in [0.25, 0.3) is 0 Å². The van der Waals surface area contributed by atoms with Gasteiger partial charge in [-0.25, -0.2) is 0 Å². The van der Waals surface area contributed by atoms with Crippen LogP contribution in [0.2, 0.25) is 0 Å². The Kier molecular flexibility index (Phi) is 5.45. The van der Waals surface area contributed by atoms with Crippen molar-refractivity contribution >= 4 is 11.6 Å². The van der Waals surface area contributed by atoms with Gasteiger partial charge in [-0.05, 0) is 18.9 Å². The van der Waals surface area contributed by atoms with Crippen molar-refractivity contribution in [2.24, 2.45) is 0 Å². The minimum atomic E-state index is -0.797. The molecule has 3 aliphatic heterocycles. The van der Waals surface area contributed by atoms with Crippen LogP contribution in [-0.4, -0.2) is 60.7 Å². The molecule has 5 rings (SSSR count). The first-order chi connectivity index (χ1) is 15.0. The molecule has 1 saturated carbocycles. The molecule has 2 saturated heterocycles. The summed E-state index contributed by atoms with van der Waals surface area (Å²) < 4.78 is 22.4. The zero-order valence-corrected chi connectivity index (χ0v) is 17.3. The molecule has 168 valence electrons. The second-order valence-corrected chi connectivity index (χ2v) is 8.56. The summed E-state index contributed by atoms with van der Waals surface area (Å²) in [6.07, 6.45) is 5.26. The zero-order valence-electron chi connectivity index (χ0n) is 17.3. The number of likely N-dealkylation sites (tertiary alicyclic amines) is 1. The van der Waals surface area contributed by atoms with Crippen molar-refractivity contribution in [1.29, 1.82) is 0 Å². The molecule has 10 nitrogen and oxygen atoms in total. The van der Waals surface area contributed by atoms with E-state index in [0.717, 1.165) is 25.7 Å². The van der Waals surface area contributed by atoms with Crippen LogP contribution < -0.4 is 14.8 Å². The van der Waals surface area contributed by atoms with E-state index in [4.69, 9.17) is 18.9 Å². The number of hydrogen-bond acceptors (Lipinski definition) is 8. The maximum absolute atomic E-state index is 13.5. The fourth-order valence-corrected chi connectivity index (χ4v) is 5.09. The van der Waals surface area contributed by atoms with Crippen LogP contribution in [0.3, 0.4) is 0 Å². The molecule has 1 atom stereocenters. The van der Waals surface area contributed by atoms with Gasteiger partial charge in [-0.15, -0.1) is 0 Å². The van der Waals surface area contributed by atoms with E-state index in [2.05, 4.69) is 5.32 Å². The Morgan fingerprint density at radius 1 is 1.13 bits per heavy atom. The molecule has 1 amide bonds. The molecule has 1 spiro atoms. The van der Waals surface area contributed by atoms with Crippen LogP contribution in [-0.2, 0) is 14.3 Å². The summed E-state index contributed by atoms with van der Waals surface area (Å²) in [5.41, 5.74) is 0.193. The summed E-state index contributed by atoms with van der Waals surface area (Å²) in [6.45, 7) is 2.22. The van der Waals surface area contributed by atoms with Gasteiger partial charge in [0.15, 0.2) is 17.3 Å². The third kappa shape index (κ3) is 3.95. The molecule has 0 radical (unpaired) electrons. The number of fused-ring (bicyclic) bond motifs is 1. The Morgan fingerprint density at radius 2 is 1.77 bits per heavy atom. The van der Waals surface area contributed by atoms with E-state index in [1.54, 1.807) is 6.07 Å². The van der Waals surface area contributed by atoms with E-state index in [-0.39, 0.29) is 24.4 Å². The Morgan fingerprint density at radius 3 is 2.42 bits per heavy atom. The van der Waals surface area contributed by atoms with Gasteiger partial charge in [0, 0.05) is 32.0 Å². The molecule has 1 aromatic carbocycles. The molecule has 4 aliphatic rings. The van der Waals surface area contributed by atoms with Crippen molar-refractivity contribution in [3.63, 3.8) is 0 Å². The lowest BCUT2D eigenvalue weighted by Gasteiger charge is -2.40. The van der Waals surface area contributed by atoms with E-state index in [9.17, 15) is 14.9 Å². The quantitative estimate of drug-likeness (QED) is 0.556. The average Bonchev–Trinajstić information content (AvgIpc) is 3.51. The second-order valence-electron chi connectivity index (χ2n) is 8.56. The van der Waals surface area contributed by atoms with Crippen molar-refractivity contribution in [1.82, 2.24) is 10.2 Å². The maximum atomic E-state index is 13.5. The fourth-order valence-electron chi connectivity index (χ4n) is 5.09. The number of benzene rings is 1. The Bertz CT molecular complexity index is 855. The predicted octanol–water partition coefficient (Wildman–Crippen LogP) is 2.26. The molecule has 1 aromatic rings. The number of amides is 1. The first-order valence-electron chi connectivity index (χ1n) is 10.9. The molecule has 10 heteroatoms. The summed E-state index contributed by atoms with van der Waals surface area (Å²) >= 11 is 0. The van der Waals surface area contributed by atoms with Gasteiger partial charge in [0.25, 0.3) is 5.69 Å². The number of hydrogen-bond donors (Lipinski definition) is 1. The van der Waals surface area contributed by atoms with E-state index >= 15 is 0 Å². The maximum Gasteiger partial charge on any atom is 0.278 e. The van der Waals surface area contributed by atoms with Crippen LogP contribution in [0.1, 0.15) is 50.1 Å². The number of nitrogens with zero attached hydrogens (tertiary/aromatic N) is 2. The standard InChI is InChI=1S/C21H27N3O7/c25-20(22-14-3-1-2-4-14)19(23-7-5-21(6-8-23)30-9-10-31-21)15-11-17-18(29-13-28-17)12-16(15)24(26)27/h11-12,14,19H,1-10,13H2,(H,22,25)/t19-/m1/s1. The number of nitrogens with one attached hydrogen (secondary N) is 1. The highest BCUT2D eigenvalue weighted by Gasteiger charge is 2.44. The summed E-state index contributed by atoms with van der Waals surface area (Å²) in [5.74, 6) is -0.0481. The van der Waals surface area contributed by atoms with Crippen LogP contribution >= 0.6 is 0 Å². The van der Waals surface area contributed by atoms with Gasteiger partial charge in [-0.3, -0.25) is 19.8 Å². The highest BCUT2D eigenvalue weighted by Crippen LogP contribution is 2.43. The number of nitro groups is 1. The van der Waals surface area contributed by atoms with Crippen LogP contribution in [0.15, 0.2) is 12.1 Å². The molecular weight excluding hydrogens is 406 g/mol. The van der Waals surface area contributed by atoms with Gasteiger partial charge in [-0.1, -0.05) is 12.8 Å². The van der Waals surface area contributed by atoms with Crippen molar-refractivity contribution in [2.45, 2.75) is 56.4 Å². The Balaban J connectivity index is 1.47. The highest BCUT2D eigenvalue weighted by molar-refractivity contribution is 5.85. The Labute approximate surface area is 179 Å². The van der Waals surface area contributed by atoms with E-state index in [1.807, 2.05) is 4.90 Å².